The molecule has 0 aliphatic rings. The van der Waals surface area contributed by atoms with E-state index in [-0.39, 0.29) is 28.2 Å². The molecule has 3 aromatic carbocycles. The van der Waals surface area contributed by atoms with Crippen LogP contribution < -0.4 is 16.6 Å². The fourth-order valence-electron chi connectivity index (χ4n) is 3.60. The molecule has 4 aromatic rings. The van der Waals surface area contributed by atoms with Crippen molar-refractivity contribution in [3.8, 4) is 0 Å². The maximum atomic E-state index is 12.8. The summed E-state index contributed by atoms with van der Waals surface area (Å²) in [7, 11) is 0. The summed E-state index contributed by atoms with van der Waals surface area (Å²) in [5, 5.41) is 21.6. The number of aryl methyl sites for hydroxylation is 1. The molecule has 0 fully saturated rings. The van der Waals surface area contributed by atoms with Gasteiger partial charge in [0, 0.05) is 15.4 Å². The van der Waals surface area contributed by atoms with E-state index in [0.717, 1.165) is 10.5 Å². The summed E-state index contributed by atoms with van der Waals surface area (Å²) in [5.41, 5.74) is 6.87. The van der Waals surface area contributed by atoms with Gasteiger partial charge in [0.2, 0.25) is 5.95 Å². The average molecular weight is 505 g/mol. The van der Waals surface area contributed by atoms with Crippen LogP contribution in [0.2, 0.25) is 0 Å². The number of nitrogens with one attached hydrogen (secondary N) is 2. The number of amides is 1. The lowest BCUT2D eigenvalue weighted by Crippen LogP contribution is -2.33. The number of hydrogen-bond acceptors (Lipinski definition) is 7. The van der Waals surface area contributed by atoms with Crippen molar-refractivity contribution >= 4 is 46.5 Å². The van der Waals surface area contributed by atoms with E-state index in [1.807, 2.05) is 13.0 Å². The standard InChI is InChI=1S/C25H20N4O6S/c1-12-5-10-17-18(22(31)29-25(26)27-17)20(12)36-16-8-6-13(7-9-16)21(30)28-19(24(34)35)14-3-2-4-15(11-14)23(32)33/h2-11,19H,1H3,(H,28,30)(H,32,33)(H,34,35)(H3,26,27,29,31)/t19-/m0/s1. The number of anilines is 1. The number of nitrogen functional groups attached to an aromatic ring is 1. The molecule has 10 nitrogen and oxygen atoms in total. The third-order valence-corrected chi connectivity index (χ3v) is 6.61. The first-order valence-electron chi connectivity index (χ1n) is 10.6. The molecule has 11 heteroatoms. The highest BCUT2D eigenvalue weighted by Gasteiger charge is 2.24. The minimum atomic E-state index is -1.43. The largest absolute Gasteiger partial charge is 0.479 e. The number of carbonyl (C=O) groups excluding carboxylic acids is 1. The van der Waals surface area contributed by atoms with Gasteiger partial charge in [0.1, 0.15) is 0 Å². The molecular weight excluding hydrogens is 484 g/mol. The molecule has 1 heterocycles. The minimum absolute atomic E-state index is 0.0250. The summed E-state index contributed by atoms with van der Waals surface area (Å²) in [6.45, 7) is 1.87. The SMILES string of the molecule is Cc1ccc2nc(N)[nH]c(=O)c2c1Sc1ccc(C(=O)N[C@H](C(=O)O)c2cccc(C(=O)O)c2)cc1. The van der Waals surface area contributed by atoms with Gasteiger partial charge in [-0.25, -0.2) is 14.6 Å². The van der Waals surface area contributed by atoms with Crippen molar-refractivity contribution in [3.05, 3.63) is 93.3 Å². The maximum absolute atomic E-state index is 12.8. The third-order valence-electron chi connectivity index (χ3n) is 5.37. The highest BCUT2D eigenvalue weighted by Crippen LogP contribution is 2.34. The van der Waals surface area contributed by atoms with E-state index >= 15 is 0 Å². The number of H-pyrrole nitrogens is 1. The highest BCUT2D eigenvalue weighted by molar-refractivity contribution is 7.99. The molecule has 1 atom stereocenters. The summed E-state index contributed by atoms with van der Waals surface area (Å²) in [6.07, 6.45) is 0. The quantitative estimate of drug-likeness (QED) is 0.253. The second kappa shape index (κ2) is 9.92. The van der Waals surface area contributed by atoms with Crippen molar-refractivity contribution in [1.82, 2.24) is 15.3 Å². The lowest BCUT2D eigenvalue weighted by molar-refractivity contribution is -0.139. The van der Waals surface area contributed by atoms with Crippen molar-refractivity contribution in [2.24, 2.45) is 0 Å². The zero-order valence-electron chi connectivity index (χ0n) is 18.8. The van der Waals surface area contributed by atoms with Gasteiger partial charge in [-0.1, -0.05) is 30.0 Å². The topological polar surface area (TPSA) is 175 Å². The first-order valence-corrected chi connectivity index (χ1v) is 11.4. The van der Waals surface area contributed by atoms with Gasteiger partial charge in [0.25, 0.3) is 11.5 Å². The Morgan fingerprint density at radius 1 is 1.03 bits per heavy atom. The Morgan fingerprint density at radius 3 is 2.42 bits per heavy atom. The van der Waals surface area contributed by atoms with Crippen LogP contribution in [0.15, 0.2) is 75.2 Å². The maximum Gasteiger partial charge on any atom is 0.335 e. The summed E-state index contributed by atoms with van der Waals surface area (Å²) in [4.78, 5) is 56.4. The van der Waals surface area contributed by atoms with Crippen LogP contribution in [0.3, 0.4) is 0 Å². The number of carboxylic acid groups (broad SMARTS) is 2. The van der Waals surface area contributed by atoms with Crippen LogP contribution in [0.1, 0.15) is 37.9 Å². The smallest absolute Gasteiger partial charge is 0.335 e. The molecule has 1 aromatic heterocycles. The first kappa shape index (κ1) is 24.5. The molecule has 6 N–H and O–H groups in total. The lowest BCUT2D eigenvalue weighted by atomic mass is 10.0. The van der Waals surface area contributed by atoms with Gasteiger partial charge in [-0.2, -0.15) is 0 Å². The van der Waals surface area contributed by atoms with Crippen molar-refractivity contribution < 1.29 is 24.6 Å². The second-order valence-electron chi connectivity index (χ2n) is 7.86. The number of nitrogens with two attached hydrogens (primary N) is 1. The summed E-state index contributed by atoms with van der Waals surface area (Å²) in [6, 6.07) is 13.9. The van der Waals surface area contributed by atoms with Gasteiger partial charge in [-0.15, -0.1) is 0 Å². The number of benzene rings is 3. The van der Waals surface area contributed by atoms with E-state index in [1.165, 1.54) is 48.2 Å². The predicted octanol–water partition coefficient (Wildman–Crippen LogP) is 3.22. The molecule has 36 heavy (non-hydrogen) atoms. The molecule has 0 saturated carbocycles. The van der Waals surface area contributed by atoms with Crippen molar-refractivity contribution in [2.45, 2.75) is 22.8 Å². The average Bonchev–Trinajstić information content (AvgIpc) is 2.84. The zero-order chi connectivity index (χ0) is 26.0. The lowest BCUT2D eigenvalue weighted by Gasteiger charge is -2.16. The van der Waals surface area contributed by atoms with E-state index in [9.17, 15) is 24.3 Å². The number of nitrogens with zero attached hydrogens (tertiary/aromatic N) is 1. The number of aromatic carboxylic acids is 1. The van der Waals surface area contributed by atoms with Crippen LogP contribution in [-0.4, -0.2) is 38.0 Å². The highest BCUT2D eigenvalue weighted by atomic mass is 32.2. The zero-order valence-corrected chi connectivity index (χ0v) is 19.6. The Hall–Kier alpha value is -4.64. The predicted molar refractivity (Wildman–Crippen MR) is 133 cm³/mol. The van der Waals surface area contributed by atoms with Crippen LogP contribution >= 0.6 is 11.8 Å². The molecule has 0 radical (unpaired) electrons. The number of carboxylic acids is 2. The molecule has 182 valence electrons. The Morgan fingerprint density at radius 2 is 1.75 bits per heavy atom. The number of carbonyl (C=O) groups is 3. The fraction of sp³-hybridized carbons (Fsp3) is 0.0800. The Kier molecular flexibility index (Phi) is 6.75. The number of aromatic amines is 1. The molecule has 0 aliphatic carbocycles. The molecular formula is C25H20N4O6S. The number of hydrogen-bond donors (Lipinski definition) is 5. The number of aromatic nitrogens is 2. The molecule has 0 bridgehead atoms. The van der Waals surface area contributed by atoms with Crippen LogP contribution in [0, 0.1) is 6.92 Å². The Labute approximate surface area is 208 Å². The minimum Gasteiger partial charge on any atom is -0.479 e. The van der Waals surface area contributed by atoms with Crippen molar-refractivity contribution in [3.63, 3.8) is 0 Å². The van der Waals surface area contributed by atoms with E-state index in [0.29, 0.717) is 15.8 Å². The third kappa shape index (κ3) is 5.05. The summed E-state index contributed by atoms with van der Waals surface area (Å²) in [5.74, 6) is -3.15. The number of aliphatic carboxylic acids is 1. The van der Waals surface area contributed by atoms with Gasteiger partial charge < -0.3 is 21.3 Å². The normalized spacial score (nSPS) is 11.7. The monoisotopic (exact) mass is 504 g/mol. The Bertz CT molecular complexity index is 1570. The van der Waals surface area contributed by atoms with Gasteiger partial charge in [0.15, 0.2) is 6.04 Å². The molecule has 0 spiro atoms. The van der Waals surface area contributed by atoms with Crippen LogP contribution in [-0.2, 0) is 4.79 Å². The molecule has 0 unspecified atom stereocenters. The van der Waals surface area contributed by atoms with E-state index in [2.05, 4.69) is 15.3 Å². The fourth-order valence-corrected chi connectivity index (χ4v) is 4.64. The Balaban J connectivity index is 1.57. The summed E-state index contributed by atoms with van der Waals surface area (Å²) < 4.78 is 0. The van der Waals surface area contributed by atoms with E-state index < -0.39 is 23.9 Å². The van der Waals surface area contributed by atoms with Gasteiger partial charge in [-0.3, -0.25) is 14.6 Å². The summed E-state index contributed by atoms with van der Waals surface area (Å²) >= 11 is 1.32. The van der Waals surface area contributed by atoms with Crippen molar-refractivity contribution in [1.29, 1.82) is 0 Å². The van der Waals surface area contributed by atoms with Gasteiger partial charge >= 0.3 is 11.9 Å². The molecule has 4 rings (SSSR count). The molecule has 0 aliphatic heterocycles. The van der Waals surface area contributed by atoms with E-state index in [4.69, 9.17) is 10.8 Å². The van der Waals surface area contributed by atoms with Crippen LogP contribution in [0.4, 0.5) is 5.95 Å². The van der Waals surface area contributed by atoms with Crippen molar-refractivity contribution in [2.75, 3.05) is 5.73 Å². The molecule has 1 amide bonds. The first-order chi connectivity index (χ1) is 17.1. The van der Waals surface area contributed by atoms with Gasteiger partial charge in [-0.05, 0) is 60.5 Å². The molecule has 0 saturated heterocycles. The second-order valence-corrected chi connectivity index (χ2v) is 8.94. The number of fused-ring (bicyclic) bond motifs is 1. The van der Waals surface area contributed by atoms with Gasteiger partial charge in [0.05, 0.1) is 16.5 Å². The van der Waals surface area contributed by atoms with Crippen LogP contribution in [0.5, 0.6) is 0 Å². The van der Waals surface area contributed by atoms with Crippen LogP contribution in [0.25, 0.3) is 10.9 Å². The van der Waals surface area contributed by atoms with E-state index in [1.54, 1.807) is 18.2 Å². The number of rotatable bonds is 7.